The smallest absolute Gasteiger partial charge is 0.126 e. The van der Waals surface area contributed by atoms with Gasteiger partial charge in [-0.05, 0) is 52.9 Å². The van der Waals surface area contributed by atoms with E-state index in [0.717, 1.165) is 28.0 Å². The van der Waals surface area contributed by atoms with E-state index in [0.29, 0.717) is 6.54 Å². The summed E-state index contributed by atoms with van der Waals surface area (Å²) >= 11 is 0. The fourth-order valence-electron chi connectivity index (χ4n) is 2.69. The molecule has 0 aliphatic heterocycles. The minimum absolute atomic E-state index is 0.222. The molecule has 0 radical (unpaired) electrons. The highest BCUT2D eigenvalue weighted by molar-refractivity contribution is 5.84. The van der Waals surface area contributed by atoms with Gasteiger partial charge in [-0.2, -0.15) is 0 Å². The van der Waals surface area contributed by atoms with E-state index in [1.807, 2.05) is 24.5 Å². The number of benzene rings is 2. The van der Waals surface area contributed by atoms with Crippen LogP contribution in [0.2, 0.25) is 0 Å². The van der Waals surface area contributed by atoms with Crippen LogP contribution in [-0.4, -0.2) is 9.97 Å². The van der Waals surface area contributed by atoms with Gasteiger partial charge >= 0.3 is 0 Å². The Balaban J connectivity index is 1.48. The second-order valence-corrected chi connectivity index (χ2v) is 5.69. The Bertz CT molecular complexity index is 956. The fraction of sp³-hybridized carbons (Fsp3) is 0.0500. The molecule has 4 heteroatoms. The average Bonchev–Trinajstić information content (AvgIpc) is 3.09. The van der Waals surface area contributed by atoms with Crippen LogP contribution in [0, 0.1) is 5.82 Å². The number of H-pyrrole nitrogens is 1. The molecule has 2 N–H and O–H groups in total. The second kappa shape index (κ2) is 6.16. The minimum atomic E-state index is -0.222. The van der Waals surface area contributed by atoms with Crippen LogP contribution in [0.1, 0.15) is 5.56 Å². The lowest BCUT2D eigenvalue weighted by Crippen LogP contribution is -2.01. The Hall–Kier alpha value is -3.14. The highest BCUT2D eigenvalue weighted by Gasteiger charge is 2.02. The number of nitrogens with zero attached hydrogens (tertiary/aromatic N) is 1. The van der Waals surface area contributed by atoms with Crippen LogP contribution in [0.25, 0.3) is 22.0 Å². The third-order valence-corrected chi connectivity index (χ3v) is 4.04. The van der Waals surface area contributed by atoms with E-state index in [4.69, 9.17) is 0 Å². The molecule has 0 spiro atoms. The van der Waals surface area contributed by atoms with Gasteiger partial charge in [0.15, 0.2) is 0 Å². The van der Waals surface area contributed by atoms with Gasteiger partial charge in [0.05, 0.1) is 0 Å². The fourth-order valence-corrected chi connectivity index (χ4v) is 2.69. The Morgan fingerprint density at radius 1 is 0.917 bits per heavy atom. The summed E-state index contributed by atoms with van der Waals surface area (Å²) in [6, 6.07) is 18.8. The van der Waals surface area contributed by atoms with E-state index in [1.54, 1.807) is 12.1 Å². The van der Waals surface area contributed by atoms with Crippen LogP contribution in [0.15, 0.2) is 73.1 Å². The van der Waals surface area contributed by atoms with Crippen molar-refractivity contribution in [3.05, 3.63) is 84.4 Å². The molecule has 2 aromatic carbocycles. The van der Waals surface area contributed by atoms with E-state index < -0.39 is 0 Å². The van der Waals surface area contributed by atoms with Crippen molar-refractivity contribution in [3.8, 4) is 11.1 Å². The molecule has 0 atom stereocenters. The molecule has 0 amide bonds. The predicted molar refractivity (Wildman–Crippen MR) is 95.3 cm³/mol. The molecule has 0 fully saturated rings. The lowest BCUT2D eigenvalue weighted by atomic mass is 10.1. The summed E-state index contributed by atoms with van der Waals surface area (Å²) in [7, 11) is 0. The molecule has 118 valence electrons. The van der Waals surface area contributed by atoms with Crippen molar-refractivity contribution in [1.29, 1.82) is 0 Å². The molecule has 24 heavy (non-hydrogen) atoms. The van der Waals surface area contributed by atoms with Gasteiger partial charge < -0.3 is 10.3 Å². The number of halogens is 1. The van der Waals surface area contributed by atoms with E-state index in [2.05, 4.69) is 39.6 Å². The van der Waals surface area contributed by atoms with Gasteiger partial charge in [-0.25, -0.2) is 9.37 Å². The lowest BCUT2D eigenvalue weighted by molar-refractivity contribution is 0.627. The average molecular weight is 317 g/mol. The quantitative estimate of drug-likeness (QED) is 0.557. The molecule has 0 unspecified atom stereocenters. The van der Waals surface area contributed by atoms with Crippen molar-refractivity contribution < 1.29 is 4.39 Å². The number of aromatic amines is 1. The molecule has 0 bridgehead atoms. The standard InChI is InChI=1S/C20H16FN3/c21-18-6-1-14(2-7-18)12-23-20-8-5-17(13-24-20)16-4-3-15-9-10-22-19(15)11-16/h1-11,13,22H,12H2,(H,23,24). The number of rotatable bonds is 4. The van der Waals surface area contributed by atoms with Gasteiger partial charge in [-0.1, -0.05) is 24.3 Å². The molecule has 2 aromatic heterocycles. The first kappa shape index (κ1) is 14.5. The first-order valence-electron chi connectivity index (χ1n) is 7.80. The van der Waals surface area contributed by atoms with Gasteiger partial charge in [0.25, 0.3) is 0 Å². The molecule has 0 saturated carbocycles. The molecular weight excluding hydrogens is 301 g/mol. The summed E-state index contributed by atoms with van der Waals surface area (Å²) < 4.78 is 12.9. The maximum absolute atomic E-state index is 12.9. The third-order valence-electron chi connectivity index (χ3n) is 4.04. The number of hydrogen-bond donors (Lipinski definition) is 2. The molecule has 3 nitrogen and oxygen atoms in total. The molecule has 4 rings (SSSR count). The Kier molecular flexibility index (Phi) is 3.71. The normalized spacial score (nSPS) is 10.9. The van der Waals surface area contributed by atoms with E-state index >= 15 is 0 Å². The SMILES string of the molecule is Fc1ccc(CNc2ccc(-c3ccc4cc[nH]c4c3)cn2)cc1. The van der Waals surface area contributed by atoms with Crippen molar-refractivity contribution in [1.82, 2.24) is 9.97 Å². The van der Waals surface area contributed by atoms with E-state index in [-0.39, 0.29) is 5.82 Å². The number of aromatic nitrogens is 2. The zero-order valence-electron chi connectivity index (χ0n) is 13.0. The molecule has 0 saturated heterocycles. The first-order chi connectivity index (χ1) is 11.8. The van der Waals surface area contributed by atoms with Gasteiger partial charge in [0.2, 0.25) is 0 Å². The first-order valence-corrected chi connectivity index (χ1v) is 7.80. The lowest BCUT2D eigenvalue weighted by Gasteiger charge is -2.07. The third kappa shape index (κ3) is 2.99. The molecule has 4 aromatic rings. The Morgan fingerprint density at radius 3 is 2.54 bits per heavy atom. The van der Waals surface area contributed by atoms with Gasteiger partial charge in [0, 0.05) is 30.0 Å². The zero-order chi connectivity index (χ0) is 16.4. The number of nitrogens with one attached hydrogen (secondary N) is 2. The van der Waals surface area contributed by atoms with Gasteiger partial charge in [-0.15, -0.1) is 0 Å². The van der Waals surface area contributed by atoms with Gasteiger partial charge in [0.1, 0.15) is 11.6 Å². The van der Waals surface area contributed by atoms with E-state index in [1.165, 1.54) is 17.5 Å². The summed E-state index contributed by atoms with van der Waals surface area (Å²) in [6.45, 7) is 0.612. The summed E-state index contributed by atoms with van der Waals surface area (Å²) in [5.74, 6) is 0.573. The van der Waals surface area contributed by atoms with Crippen LogP contribution >= 0.6 is 0 Å². The summed E-state index contributed by atoms with van der Waals surface area (Å²) in [5, 5.41) is 4.44. The molecule has 2 heterocycles. The molecule has 0 aliphatic carbocycles. The van der Waals surface area contributed by atoms with E-state index in [9.17, 15) is 4.39 Å². The van der Waals surface area contributed by atoms with Crippen LogP contribution < -0.4 is 5.32 Å². The van der Waals surface area contributed by atoms with Crippen molar-refractivity contribution in [2.45, 2.75) is 6.54 Å². The topological polar surface area (TPSA) is 40.7 Å². The zero-order valence-corrected chi connectivity index (χ0v) is 13.0. The number of hydrogen-bond acceptors (Lipinski definition) is 2. The predicted octanol–water partition coefficient (Wildman–Crippen LogP) is 4.98. The van der Waals surface area contributed by atoms with Crippen molar-refractivity contribution in [2.24, 2.45) is 0 Å². The summed E-state index contributed by atoms with van der Waals surface area (Å²) in [5.41, 5.74) is 4.33. The van der Waals surface area contributed by atoms with Crippen LogP contribution in [0.4, 0.5) is 10.2 Å². The van der Waals surface area contributed by atoms with Crippen molar-refractivity contribution in [2.75, 3.05) is 5.32 Å². The number of anilines is 1. The largest absolute Gasteiger partial charge is 0.366 e. The van der Waals surface area contributed by atoms with Crippen LogP contribution in [0.5, 0.6) is 0 Å². The summed E-state index contributed by atoms with van der Waals surface area (Å²) in [6.07, 6.45) is 3.80. The minimum Gasteiger partial charge on any atom is -0.366 e. The van der Waals surface area contributed by atoms with Crippen molar-refractivity contribution in [3.63, 3.8) is 0 Å². The van der Waals surface area contributed by atoms with Crippen molar-refractivity contribution >= 4 is 16.7 Å². The summed E-state index contributed by atoms with van der Waals surface area (Å²) in [4.78, 5) is 7.68. The van der Waals surface area contributed by atoms with Crippen LogP contribution in [0.3, 0.4) is 0 Å². The molecular formula is C20H16FN3. The number of fused-ring (bicyclic) bond motifs is 1. The highest BCUT2D eigenvalue weighted by Crippen LogP contribution is 2.24. The number of pyridine rings is 1. The second-order valence-electron chi connectivity index (χ2n) is 5.69. The maximum atomic E-state index is 12.9. The Morgan fingerprint density at radius 2 is 1.75 bits per heavy atom. The van der Waals surface area contributed by atoms with Gasteiger partial charge in [-0.3, -0.25) is 0 Å². The highest BCUT2D eigenvalue weighted by atomic mass is 19.1. The monoisotopic (exact) mass is 317 g/mol. The maximum Gasteiger partial charge on any atom is 0.126 e. The molecule has 0 aliphatic rings. The Labute approximate surface area is 139 Å². The van der Waals surface area contributed by atoms with Crippen LogP contribution in [-0.2, 0) is 6.54 Å².